The molecule has 2 saturated carbocycles. The molecule has 0 aromatic carbocycles. The lowest BCUT2D eigenvalue weighted by Gasteiger charge is -2.14. The number of aromatic nitrogens is 3. The standard InChI is InChI=1S/C22H24N6O3S/c1-11-3-4-24-9-16(11)18-5-12-6-19(25-10-17(12)21(23)26-18)27-22(29)20-14-7-13(8-15(14)20)28-32(2,30)31/h3-6,9-10,13-15,20,28H,7-8H2,1-2H3,(H2,23,26)(H,25,27,29). The van der Waals surface area contributed by atoms with Crippen molar-refractivity contribution in [3.8, 4) is 11.3 Å². The van der Waals surface area contributed by atoms with E-state index in [1.165, 1.54) is 0 Å². The summed E-state index contributed by atoms with van der Waals surface area (Å²) in [5.74, 6) is 1.09. The molecule has 2 fully saturated rings. The molecule has 1 amide bonds. The van der Waals surface area contributed by atoms with Crippen molar-refractivity contribution in [1.29, 1.82) is 0 Å². The first-order valence-corrected chi connectivity index (χ1v) is 12.3. The van der Waals surface area contributed by atoms with Gasteiger partial charge in [-0.2, -0.15) is 0 Å². The van der Waals surface area contributed by atoms with E-state index in [0.717, 1.165) is 22.8 Å². The Morgan fingerprint density at radius 2 is 1.94 bits per heavy atom. The van der Waals surface area contributed by atoms with E-state index in [9.17, 15) is 13.2 Å². The number of hydrogen-bond donors (Lipinski definition) is 3. The average molecular weight is 453 g/mol. The lowest BCUT2D eigenvalue weighted by molar-refractivity contribution is -0.118. The van der Waals surface area contributed by atoms with Crippen LogP contribution < -0.4 is 15.8 Å². The molecule has 32 heavy (non-hydrogen) atoms. The number of rotatable bonds is 5. The fraction of sp³-hybridized carbons (Fsp3) is 0.364. The van der Waals surface area contributed by atoms with Gasteiger partial charge in [0.15, 0.2) is 0 Å². The van der Waals surface area contributed by atoms with E-state index >= 15 is 0 Å². The normalized spacial score (nSPS) is 24.3. The fourth-order valence-electron chi connectivity index (χ4n) is 4.95. The molecular formula is C22H24N6O3S. The maximum absolute atomic E-state index is 12.8. The van der Waals surface area contributed by atoms with Crippen molar-refractivity contribution < 1.29 is 13.2 Å². The molecule has 166 valence electrons. The highest BCUT2D eigenvalue weighted by Gasteiger charge is 2.59. The smallest absolute Gasteiger partial charge is 0.229 e. The summed E-state index contributed by atoms with van der Waals surface area (Å²) in [6.07, 6.45) is 7.65. The predicted molar refractivity (Wildman–Crippen MR) is 122 cm³/mol. The third kappa shape index (κ3) is 3.91. The summed E-state index contributed by atoms with van der Waals surface area (Å²) in [5, 5.41) is 4.46. The summed E-state index contributed by atoms with van der Waals surface area (Å²) in [6.45, 7) is 1.99. The minimum atomic E-state index is -3.23. The molecule has 0 spiro atoms. The molecule has 0 aliphatic heterocycles. The quantitative estimate of drug-likeness (QED) is 0.538. The summed E-state index contributed by atoms with van der Waals surface area (Å²) in [4.78, 5) is 25.8. The van der Waals surface area contributed by atoms with Gasteiger partial charge in [-0.1, -0.05) is 0 Å². The third-order valence-corrected chi connectivity index (χ3v) is 7.20. The van der Waals surface area contributed by atoms with Gasteiger partial charge in [-0.15, -0.1) is 0 Å². The van der Waals surface area contributed by atoms with Gasteiger partial charge in [0, 0.05) is 41.5 Å². The van der Waals surface area contributed by atoms with Gasteiger partial charge in [-0.05, 0) is 60.7 Å². The van der Waals surface area contributed by atoms with Crippen LogP contribution in [-0.4, -0.2) is 41.6 Å². The Hall–Kier alpha value is -3.11. The molecule has 0 bridgehead atoms. The maximum Gasteiger partial charge on any atom is 0.229 e. The maximum atomic E-state index is 12.8. The highest BCUT2D eigenvalue weighted by atomic mass is 32.2. The van der Waals surface area contributed by atoms with Gasteiger partial charge < -0.3 is 11.1 Å². The SMILES string of the molecule is Cc1ccncc1-c1cc2cc(NC(=O)C3C4CC(NS(C)(=O)=O)CC43)ncc2c(N)n1. The number of fused-ring (bicyclic) bond motifs is 2. The Labute approximate surface area is 185 Å². The van der Waals surface area contributed by atoms with Crippen LogP contribution in [0.2, 0.25) is 0 Å². The molecule has 0 radical (unpaired) electrons. The number of aryl methyl sites for hydroxylation is 1. The zero-order valence-corrected chi connectivity index (χ0v) is 18.6. The zero-order chi connectivity index (χ0) is 22.6. The topological polar surface area (TPSA) is 140 Å². The second kappa shape index (κ2) is 7.49. The number of carbonyl (C=O) groups excluding carboxylic acids is 1. The Morgan fingerprint density at radius 1 is 1.19 bits per heavy atom. The number of nitrogen functional groups attached to an aromatic ring is 1. The molecule has 9 nitrogen and oxygen atoms in total. The molecule has 3 aromatic rings. The van der Waals surface area contributed by atoms with Crippen molar-refractivity contribution in [1.82, 2.24) is 19.7 Å². The van der Waals surface area contributed by atoms with Gasteiger partial charge in [0.1, 0.15) is 11.6 Å². The molecule has 2 aliphatic rings. The fourth-order valence-corrected chi connectivity index (χ4v) is 5.75. The van der Waals surface area contributed by atoms with Crippen molar-refractivity contribution in [3.05, 3.63) is 42.4 Å². The van der Waals surface area contributed by atoms with E-state index in [-0.39, 0.29) is 29.7 Å². The van der Waals surface area contributed by atoms with Crippen molar-refractivity contribution in [2.24, 2.45) is 17.8 Å². The summed E-state index contributed by atoms with van der Waals surface area (Å²) < 4.78 is 25.5. The molecule has 5 rings (SSSR count). The number of amides is 1. The number of nitrogens with one attached hydrogen (secondary N) is 2. The van der Waals surface area contributed by atoms with Gasteiger partial charge in [0.05, 0.1) is 11.9 Å². The Bertz CT molecular complexity index is 1330. The van der Waals surface area contributed by atoms with Crippen LogP contribution in [-0.2, 0) is 14.8 Å². The van der Waals surface area contributed by atoms with Gasteiger partial charge in [-0.3, -0.25) is 9.78 Å². The first-order valence-electron chi connectivity index (χ1n) is 10.4. The number of nitrogens with zero attached hydrogens (tertiary/aromatic N) is 3. The van der Waals surface area contributed by atoms with Crippen LogP contribution in [0.1, 0.15) is 18.4 Å². The molecule has 2 atom stereocenters. The van der Waals surface area contributed by atoms with Crippen LogP contribution in [0.3, 0.4) is 0 Å². The minimum absolute atomic E-state index is 0.0741. The summed E-state index contributed by atoms with van der Waals surface area (Å²) >= 11 is 0. The monoisotopic (exact) mass is 452 g/mol. The van der Waals surface area contributed by atoms with Crippen molar-refractivity contribution in [3.63, 3.8) is 0 Å². The van der Waals surface area contributed by atoms with E-state index in [4.69, 9.17) is 5.73 Å². The molecular weight excluding hydrogens is 428 g/mol. The van der Waals surface area contributed by atoms with E-state index < -0.39 is 10.0 Å². The number of pyridine rings is 3. The first kappa shape index (κ1) is 20.8. The molecule has 3 heterocycles. The largest absolute Gasteiger partial charge is 0.383 e. The summed E-state index contributed by atoms with van der Waals surface area (Å²) in [6, 6.07) is 5.55. The summed E-state index contributed by atoms with van der Waals surface area (Å²) in [7, 11) is -3.23. The van der Waals surface area contributed by atoms with Gasteiger partial charge in [0.25, 0.3) is 0 Å². The zero-order valence-electron chi connectivity index (χ0n) is 17.7. The number of carbonyl (C=O) groups is 1. The second-order valence-corrected chi connectivity index (χ2v) is 10.6. The Kier molecular flexibility index (Phi) is 4.86. The average Bonchev–Trinajstić information content (AvgIpc) is 3.23. The van der Waals surface area contributed by atoms with E-state index in [0.29, 0.717) is 35.6 Å². The molecule has 0 saturated heterocycles. The van der Waals surface area contributed by atoms with E-state index in [1.54, 1.807) is 24.7 Å². The van der Waals surface area contributed by atoms with Crippen LogP contribution in [0.25, 0.3) is 22.0 Å². The molecule has 3 aromatic heterocycles. The highest BCUT2D eigenvalue weighted by Crippen LogP contribution is 2.57. The highest BCUT2D eigenvalue weighted by molar-refractivity contribution is 7.88. The van der Waals surface area contributed by atoms with Crippen molar-refractivity contribution in [2.75, 3.05) is 17.3 Å². The molecule has 4 N–H and O–H groups in total. The van der Waals surface area contributed by atoms with Crippen LogP contribution in [0, 0.1) is 24.7 Å². The summed E-state index contributed by atoms with van der Waals surface area (Å²) in [5.41, 5.74) is 8.81. The number of sulfonamides is 1. The lowest BCUT2D eigenvalue weighted by atomic mass is 10.1. The Morgan fingerprint density at radius 3 is 2.62 bits per heavy atom. The molecule has 2 unspecified atom stereocenters. The lowest BCUT2D eigenvalue weighted by Crippen LogP contribution is -2.34. The van der Waals surface area contributed by atoms with Crippen LogP contribution in [0.4, 0.5) is 11.6 Å². The first-order chi connectivity index (χ1) is 15.2. The number of hydrogen-bond acceptors (Lipinski definition) is 7. The van der Waals surface area contributed by atoms with Crippen molar-refractivity contribution >= 4 is 38.3 Å². The van der Waals surface area contributed by atoms with E-state index in [1.807, 2.05) is 19.1 Å². The molecule has 10 heteroatoms. The van der Waals surface area contributed by atoms with Gasteiger partial charge >= 0.3 is 0 Å². The van der Waals surface area contributed by atoms with Gasteiger partial charge in [0.2, 0.25) is 15.9 Å². The van der Waals surface area contributed by atoms with Crippen LogP contribution in [0.5, 0.6) is 0 Å². The molecule has 2 aliphatic carbocycles. The predicted octanol–water partition coefficient (Wildman–Crippen LogP) is 2.09. The minimum Gasteiger partial charge on any atom is -0.383 e. The number of nitrogens with two attached hydrogens (primary N) is 1. The van der Waals surface area contributed by atoms with E-state index in [2.05, 4.69) is 25.0 Å². The second-order valence-electron chi connectivity index (χ2n) is 8.78. The number of anilines is 2. The van der Waals surface area contributed by atoms with Crippen molar-refractivity contribution in [2.45, 2.75) is 25.8 Å². The third-order valence-electron chi connectivity index (χ3n) is 6.44. The van der Waals surface area contributed by atoms with Crippen LogP contribution >= 0.6 is 0 Å². The van der Waals surface area contributed by atoms with Gasteiger partial charge in [-0.25, -0.2) is 23.1 Å². The van der Waals surface area contributed by atoms with Crippen LogP contribution in [0.15, 0.2) is 36.8 Å². The Balaban J connectivity index is 1.33.